The van der Waals surface area contributed by atoms with E-state index in [0.717, 1.165) is 31.1 Å². The van der Waals surface area contributed by atoms with Crippen LogP contribution in [0.2, 0.25) is 0 Å². The molecule has 1 fully saturated rings. The summed E-state index contributed by atoms with van der Waals surface area (Å²) < 4.78 is 0. The summed E-state index contributed by atoms with van der Waals surface area (Å²) in [6.07, 6.45) is 3.37. The molecule has 0 radical (unpaired) electrons. The van der Waals surface area contributed by atoms with E-state index < -0.39 is 0 Å². The van der Waals surface area contributed by atoms with Crippen LogP contribution in [-0.2, 0) is 6.42 Å². The maximum atomic E-state index is 10.5. The smallest absolute Gasteiger partial charge is 0.0827 e. The normalized spacial score (nSPS) is 19.1. The summed E-state index contributed by atoms with van der Waals surface area (Å²) in [7, 11) is 0. The molecule has 1 heterocycles. The van der Waals surface area contributed by atoms with Crippen molar-refractivity contribution in [1.82, 2.24) is 4.90 Å². The summed E-state index contributed by atoms with van der Waals surface area (Å²) in [5.41, 5.74) is 2.49. The van der Waals surface area contributed by atoms with Crippen molar-refractivity contribution < 1.29 is 5.11 Å². The second-order valence-corrected chi connectivity index (χ2v) is 7.27. The lowest BCUT2D eigenvalue weighted by molar-refractivity contribution is 0.0752. The molecule has 2 nitrogen and oxygen atoms in total. The summed E-state index contributed by atoms with van der Waals surface area (Å²) in [5.74, 6) is 1.07. The number of benzene rings is 2. The van der Waals surface area contributed by atoms with Crippen molar-refractivity contribution in [1.29, 1.82) is 0 Å². The van der Waals surface area contributed by atoms with Gasteiger partial charge in [0.1, 0.15) is 0 Å². The molecule has 2 aromatic rings. The Kier molecular flexibility index (Phi) is 6.06. The molecule has 128 valence electrons. The molecule has 0 saturated carbocycles. The standard InChI is InChI=1S/C22H29NO/c1-18(22(24)21-10-6-3-7-11-21)17-23-14-12-20(13-15-23)16-19-8-4-2-5-9-19/h2-11,18,20,22,24H,12-17H2,1H3/t18-,22-/m0/s1. The van der Waals surface area contributed by atoms with E-state index in [2.05, 4.69) is 42.2 Å². The van der Waals surface area contributed by atoms with E-state index in [1.807, 2.05) is 30.3 Å². The topological polar surface area (TPSA) is 23.5 Å². The highest BCUT2D eigenvalue weighted by atomic mass is 16.3. The van der Waals surface area contributed by atoms with Gasteiger partial charge >= 0.3 is 0 Å². The SMILES string of the molecule is C[C@@H](CN1CCC(Cc2ccccc2)CC1)[C@H](O)c1ccccc1. The van der Waals surface area contributed by atoms with Crippen LogP contribution in [0.3, 0.4) is 0 Å². The molecule has 3 rings (SSSR count). The Morgan fingerprint density at radius 3 is 2.17 bits per heavy atom. The van der Waals surface area contributed by atoms with Crippen molar-refractivity contribution in [2.45, 2.75) is 32.3 Å². The number of piperidine rings is 1. The minimum atomic E-state index is -0.367. The molecule has 0 aliphatic carbocycles. The Labute approximate surface area is 146 Å². The molecule has 0 bridgehead atoms. The largest absolute Gasteiger partial charge is 0.388 e. The number of likely N-dealkylation sites (tertiary alicyclic amines) is 1. The third-order valence-corrected chi connectivity index (χ3v) is 5.30. The van der Waals surface area contributed by atoms with Crippen LogP contribution in [0, 0.1) is 11.8 Å². The van der Waals surface area contributed by atoms with E-state index in [1.54, 1.807) is 0 Å². The fourth-order valence-corrected chi connectivity index (χ4v) is 3.81. The van der Waals surface area contributed by atoms with Gasteiger partial charge in [-0.1, -0.05) is 67.6 Å². The van der Waals surface area contributed by atoms with Gasteiger partial charge in [0.25, 0.3) is 0 Å². The average Bonchev–Trinajstić information content (AvgIpc) is 2.64. The molecule has 0 aromatic heterocycles. The Hall–Kier alpha value is -1.64. The van der Waals surface area contributed by atoms with Gasteiger partial charge in [-0.05, 0) is 55.3 Å². The Balaban J connectivity index is 1.45. The van der Waals surface area contributed by atoms with Crippen LogP contribution < -0.4 is 0 Å². The summed E-state index contributed by atoms with van der Waals surface area (Å²) in [4.78, 5) is 2.53. The van der Waals surface area contributed by atoms with E-state index in [-0.39, 0.29) is 12.0 Å². The number of aliphatic hydroxyl groups is 1. The molecule has 2 atom stereocenters. The molecule has 2 heteroatoms. The van der Waals surface area contributed by atoms with Gasteiger partial charge in [0.05, 0.1) is 6.10 Å². The lowest BCUT2D eigenvalue weighted by atomic mass is 9.89. The second-order valence-electron chi connectivity index (χ2n) is 7.27. The van der Waals surface area contributed by atoms with Crippen molar-refractivity contribution in [2.75, 3.05) is 19.6 Å². The zero-order valence-electron chi connectivity index (χ0n) is 14.6. The third-order valence-electron chi connectivity index (χ3n) is 5.30. The zero-order chi connectivity index (χ0) is 16.8. The van der Waals surface area contributed by atoms with Gasteiger partial charge in [0.2, 0.25) is 0 Å². The molecule has 0 amide bonds. The van der Waals surface area contributed by atoms with Gasteiger partial charge in [-0.15, -0.1) is 0 Å². The number of hydrogen-bond donors (Lipinski definition) is 1. The number of hydrogen-bond acceptors (Lipinski definition) is 2. The average molecular weight is 323 g/mol. The summed E-state index contributed by atoms with van der Waals surface area (Å²) >= 11 is 0. The molecule has 1 aliphatic rings. The van der Waals surface area contributed by atoms with E-state index in [4.69, 9.17) is 0 Å². The Morgan fingerprint density at radius 2 is 1.54 bits per heavy atom. The number of aliphatic hydroxyl groups excluding tert-OH is 1. The highest BCUT2D eigenvalue weighted by Crippen LogP contribution is 2.26. The molecule has 0 unspecified atom stereocenters. The van der Waals surface area contributed by atoms with Crippen LogP contribution in [-0.4, -0.2) is 29.6 Å². The van der Waals surface area contributed by atoms with E-state index in [1.165, 1.54) is 24.8 Å². The summed E-state index contributed by atoms with van der Waals surface area (Å²) in [6.45, 7) is 5.45. The van der Waals surface area contributed by atoms with Crippen LogP contribution in [0.1, 0.15) is 37.0 Å². The molecule has 1 N–H and O–H groups in total. The minimum Gasteiger partial charge on any atom is -0.388 e. The predicted octanol–water partition coefficient (Wildman–Crippen LogP) is 4.31. The maximum Gasteiger partial charge on any atom is 0.0827 e. The zero-order valence-corrected chi connectivity index (χ0v) is 14.6. The molecule has 1 aliphatic heterocycles. The molecule has 1 saturated heterocycles. The molecular weight excluding hydrogens is 294 g/mol. The maximum absolute atomic E-state index is 10.5. The van der Waals surface area contributed by atoms with Crippen LogP contribution in [0.5, 0.6) is 0 Å². The molecular formula is C22H29NO. The lowest BCUT2D eigenvalue weighted by Crippen LogP contribution is -2.38. The second kappa shape index (κ2) is 8.46. The summed E-state index contributed by atoms with van der Waals surface area (Å²) in [5, 5.41) is 10.5. The fraction of sp³-hybridized carbons (Fsp3) is 0.455. The molecule has 2 aromatic carbocycles. The first-order valence-electron chi connectivity index (χ1n) is 9.21. The highest BCUT2D eigenvalue weighted by Gasteiger charge is 2.23. The molecule has 0 spiro atoms. The van der Waals surface area contributed by atoms with Crippen LogP contribution in [0.25, 0.3) is 0 Å². The lowest BCUT2D eigenvalue weighted by Gasteiger charge is -2.34. The quantitative estimate of drug-likeness (QED) is 0.856. The third kappa shape index (κ3) is 4.68. The van der Waals surface area contributed by atoms with E-state index in [9.17, 15) is 5.11 Å². The predicted molar refractivity (Wildman–Crippen MR) is 99.9 cm³/mol. The van der Waals surface area contributed by atoms with Crippen molar-refractivity contribution in [2.24, 2.45) is 11.8 Å². The van der Waals surface area contributed by atoms with Crippen molar-refractivity contribution in [3.63, 3.8) is 0 Å². The van der Waals surface area contributed by atoms with E-state index in [0.29, 0.717) is 0 Å². The van der Waals surface area contributed by atoms with Gasteiger partial charge in [0.15, 0.2) is 0 Å². The van der Waals surface area contributed by atoms with Gasteiger partial charge < -0.3 is 10.0 Å². The fourth-order valence-electron chi connectivity index (χ4n) is 3.81. The van der Waals surface area contributed by atoms with Gasteiger partial charge in [0, 0.05) is 6.54 Å². The monoisotopic (exact) mass is 323 g/mol. The molecule has 24 heavy (non-hydrogen) atoms. The van der Waals surface area contributed by atoms with Crippen molar-refractivity contribution in [3.05, 3.63) is 71.8 Å². The van der Waals surface area contributed by atoms with Crippen LogP contribution in [0.4, 0.5) is 0 Å². The highest BCUT2D eigenvalue weighted by molar-refractivity contribution is 5.18. The number of nitrogens with zero attached hydrogens (tertiary/aromatic N) is 1. The number of rotatable bonds is 6. The van der Waals surface area contributed by atoms with Gasteiger partial charge in [-0.3, -0.25) is 0 Å². The van der Waals surface area contributed by atoms with E-state index >= 15 is 0 Å². The first kappa shape index (κ1) is 17.2. The Bertz CT molecular complexity index is 590. The van der Waals surface area contributed by atoms with Gasteiger partial charge in [-0.2, -0.15) is 0 Å². The van der Waals surface area contributed by atoms with Gasteiger partial charge in [-0.25, -0.2) is 0 Å². The first-order valence-corrected chi connectivity index (χ1v) is 9.21. The van der Waals surface area contributed by atoms with Crippen molar-refractivity contribution in [3.8, 4) is 0 Å². The van der Waals surface area contributed by atoms with Crippen molar-refractivity contribution >= 4 is 0 Å². The Morgan fingerprint density at radius 1 is 0.958 bits per heavy atom. The minimum absolute atomic E-state index is 0.262. The van der Waals surface area contributed by atoms with Crippen LogP contribution >= 0.6 is 0 Å². The first-order chi connectivity index (χ1) is 11.7. The van der Waals surface area contributed by atoms with Crippen LogP contribution in [0.15, 0.2) is 60.7 Å². The summed E-state index contributed by atoms with van der Waals surface area (Å²) in [6, 6.07) is 20.9.